The predicted molar refractivity (Wildman–Crippen MR) is 56.2 cm³/mol. The van der Waals surface area contributed by atoms with Crippen LogP contribution in [-0.4, -0.2) is 24.0 Å². The van der Waals surface area contributed by atoms with Crippen molar-refractivity contribution in [2.75, 3.05) is 0 Å². The molecule has 2 aromatic rings. The fourth-order valence-electron chi connectivity index (χ4n) is 1.58. The van der Waals surface area contributed by atoms with Crippen molar-refractivity contribution in [3.63, 3.8) is 0 Å². The number of aryl methyl sites for hydroxylation is 1. The lowest BCUT2D eigenvalue weighted by Crippen LogP contribution is -2.12. The monoisotopic (exact) mass is 257 g/mol. The van der Waals surface area contributed by atoms with Crippen molar-refractivity contribution in [3.05, 3.63) is 40.4 Å². The molecule has 7 nitrogen and oxygen atoms in total. The zero-order valence-electron chi connectivity index (χ0n) is 9.33. The molecule has 0 aliphatic heterocycles. The lowest BCUT2D eigenvalue weighted by Gasteiger charge is -2.06. The second-order valence-corrected chi connectivity index (χ2v) is 3.54. The highest BCUT2D eigenvalue weighted by Crippen LogP contribution is 2.18. The maximum absolute atomic E-state index is 12.6. The van der Waals surface area contributed by atoms with Gasteiger partial charge in [-0.3, -0.25) is 4.57 Å². The molecule has 0 fully saturated rings. The highest BCUT2D eigenvalue weighted by molar-refractivity contribution is 5.20. The quantitative estimate of drug-likeness (QED) is 0.617. The summed E-state index contributed by atoms with van der Waals surface area (Å²) in [4.78, 5) is 17.7. The zero-order valence-corrected chi connectivity index (χ0v) is 9.33. The Labute approximate surface area is 99.8 Å². The second-order valence-electron chi connectivity index (χ2n) is 3.54. The molecule has 0 saturated carbocycles. The highest BCUT2D eigenvalue weighted by Gasteiger charge is 2.21. The minimum atomic E-state index is -2.73. The number of nitrogens with zero attached hydrogens (tertiary/aromatic N) is 5. The Hall–Kier alpha value is -2.32. The molecule has 0 amide bonds. The van der Waals surface area contributed by atoms with Crippen LogP contribution in [0.3, 0.4) is 0 Å². The van der Waals surface area contributed by atoms with Gasteiger partial charge in [-0.1, -0.05) is 0 Å². The van der Waals surface area contributed by atoms with Gasteiger partial charge in [0.2, 0.25) is 0 Å². The largest absolute Gasteiger partial charge is 0.358 e. The van der Waals surface area contributed by atoms with Gasteiger partial charge in [0, 0.05) is 19.3 Å². The minimum Gasteiger partial charge on any atom is -0.358 e. The van der Waals surface area contributed by atoms with Gasteiger partial charge in [-0.05, 0) is 4.92 Å². The van der Waals surface area contributed by atoms with Crippen LogP contribution in [0.2, 0.25) is 0 Å². The van der Waals surface area contributed by atoms with Crippen LogP contribution < -0.4 is 0 Å². The van der Waals surface area contributed by atoms with E-state index in [0.717, 1.165) is 12.4 Å². The van der Waals surface area contributed by atoms with Crippen molar-refractivity contribution in [2.24, 2.45) is 0 Å². The normalized spacial score (nSPS) is 11.1. The van der Waals surface area contributed by atoms with Crippen molar-refractivity contribution < 1.29 is 13.7 Å². The first-order valence-electron chi connectivity index (χ1n) is 4.97. The summed E-state index contributed by atoms with van der Waals surface area (Å²) in [5, 5.41) is 10.8. The molecule has 2 rings (SSSR count). The second kappa shape index (κ2) is 4.51. The zero-order chi connectivity index (χ0) is 13.3. The van der Waals surface area contributed by atoms with Crippen LogP contribution in [0.5, 0.6) is 0 Å². The molecule has 96 valence electrons. The van der Waals surface area contributed by atoms with E-state index < -0.39 is 11.5 Å². The van der Waals surface area contributed by atoms with E-state index in [9.17, 15) is 18.9 Å². The molecule has 0 atom stereocenters. The van der Waals surface area contributed by atoms with E-state index in [0.29, 0.717) is 10.4 Å². The van der Waals surface area contributed by atoms with Crippen LogP contribution >= 0.6 is 0 Å². The number of hydrogen-bond donors (Lipinski definition) is 0. The number of alkyl halides is 2. The molecule has 0 saturated heterocycles. The maximum Gasteiger partial charge on any atom is 0.343 e. The summed E-state index contributed by atoms with van der Waals surface area (Å²) in [6, 6.07) is 0. The van der Waals surface area contributed by atoms with Gasteiger partial charge in [0.05, 0.1) is 0 Å². The van der Waals surface area contributed by atoms with E-state index in [-0.39, 0.29) is 18.2 Å². The molecular formula is C9H9F2N5O2. The molecule has 0 N–H and O–H groups in total. The SMILES string of the molecule is Cc1ncc([N+](=O)[O-])n1Cc1nccn1C(F)F. The smallest absolute Gasteiger partial charge is 0.343 e. The van der Waals surface area contributed by atoms with E-state index >= 15 is 0 Å². The average Bonchev–Trinajstić information content (AvgIpc) is 2.87. The molecule has 0 aromatic carbocycles. The topological polar surface area (TPSA) is 78.8 Å². The van der Waals surface area contributed by atoms with Crippen molar-refractivity contribution in [1.82, 2.24) is 19.1 Å². The first-order chi connectivity index (χ1) is 8.50. The highest BCUT2D eigenvalue weighted by atomic mass is 19.3. The molecule has 2 aromatic heterocycles. The summed E-state index contributed by atoms with van der Waals surface area (Å²) < 4.78 is 27.1. The fraction of sp³-hybridized carbons (Fsp3) is 0.333. The van der Waals surface area contributed by atoms with Crippen molar-refractivity contribution in [3.8, 4) is 0 Å². The van der Waals surface area contributed by atoms with E-state index in [2.05, 4.69) is 9.97 Å². The Balaban J connectivity index is 2.37. The van der Waals surface area contributed by atoms with Gasteiger partial charge in [0.1, 0.15) is 6.20 Å². The number of nitro groups is 1. The standard InChI is InChI=1S/C9H9F2N5O2/c1-6-13-4-8(16(17)18)15(6)5-7-12-2-3-14(7)9(10)11/h2-4,9H,5H2,1H3. The van der Waals surface area contributed by atoms with Crippen LogP contribution in [0.15, 0.2) is 18.6 Å². The summed E-state index contributed by atoms with van der Waals surface area (Å²) in [5.41, 5.74) is 0. The molecule has 18 heavy (non-hydrogen) atoms. The third-order valence-corrected chi connectivity index (χ3v) is 2.48. The summed E-state index contributed by atoms with van der Waals surface area (Å²) in [5.74, 6) is 0.149. The summed E-state index contributed by atoms with van der Waals surface area (Å²) in [6.07, 6.45) is 3.43. The molecule has 0 spiro atoms. The first kappa shape index (κ1) is 12.1. The Morgan fingerprint density at radius 1 is 1.50 bits per heavy atom. The Kier molecular flexibility index (Phi) is 3.04. The van der Waals surface area contributed by atoms with Gasteiger partial charge < -0.3 is 10.1 Å². The molecular weight excluding hydrogens is 248 g/mol. The molecule has 0 radical (unpaired) electrons. The summed E-state index contributed by atoms with van der Waals surface area (Å²) in [6.45, 7) is -1.30. The van der Waals surface area contributed by atoms with Gasteiger partial charge in [0.15, 0.2) is 18.2 Å². The number of hydrogen-bond acceptors (Lipinski definition) is 4. The third kappa shape index (κ3) is 2.06. The third-order valence-electron chi connectivity index (χ3n) is 2.48. The molecule has 2 heterocycles. The van der Waals surface area contributed by atoms with E-state index in [4.69, 9.17) is 0 Å². The van der Waals surface area contributed by atoms with Gasteiger partial charge in [-0.2, -0.15) is 8.78 Å². The van der Waals surface area contributed by atoms with Crippen LogP contribution in [0.1, 0.15) is 18.2 Å². The lowest BCUT2D eigenvalue weighted by molar-refractivity contribution is -0.392. The predicted octanol–water partition coefficient (Wildman–Crippen LogP) is 1.74. The Morgan fingerprint density at radius 3 is 2.83 bits per heavy atom. The van der Waals surface area contributed by atoms with Crippen molar-refractivity contribution in [1.29, 1.82) is 0 Å². The van der Waals surface area contributed by atoms with Crippen LogP contribution in [-0.2, 0) is 6.54 Å². The Morgan fingerprint density at radius 2 is 2.22 bits per heavy atom. The molecule has 0 bridgehead atoms. The van der Waals surface area contributed by atoms with Crippen molar-refractivity contribution in [2.45, 2.75) is 20.0 Å². The van der Waals surface area contributed by atoms with E-state index in [1.807, 2.05) is 0 Å². The molecule has 0 unspecified atom stereocenters. The Bertz CT molecular complexity index is 577. The van der Waals surface area contributed by atoms with Gasteiger partial charge in [-0.15, -0.1) is 0 Å². The van der Waals surface area contributed by atoms with Crippen LogP contribution in [0.4, 0.5) is 14.6 Å². The van der Waals surface area contributed by atoms with E-state index in [1.165, 1.54) is 10.8 Å². The van der Waals surface area contributed by atoms with Gasteiger partial charge in [-0.25, -0.2) is 14.5 Å². The maximum atomic E-state index is 12.6. The molecule has 0 aliphatic carbocycles. The molecule has 9 heteroatoms. The van der Waals surface area contributed by atoms with Crippen molar-refractivity contribution >= 4 is 5.82 Å². The summed E-state index contributed by atoms with van der Waals surface area (Å²) >= 11 is 0. The lowest BCUT2D eigenvalue weighted by atomic mass is 10.5. The number of aromatic nitrogens is 4. The van der Waals surface area contributed by atoms with Crippen LogP contribution in [0.25, 0.3) is 0 Å². The number of rotatable bonds is 4. The number of imidazole rings is 2. The number of halogens is 2. The average molecular weight is 257 g/mol. The minimum absolute atomic E-state index is 0.0363. The summed E-state index contributed by atoms with van der Waals surface area (Å²) in [7, 11) is 0. The van der Waals surface area contributed by atoms with Gasteiger partial charge >= 0.3 is 12.4 Å². The van der Waals surface area contributed by atoms with Crippen LogP contribution in [0, 0.1) is 17.0 Å². The van der Waals surface area contributed by atoms with E-state index in [1.54, 1.807) is 6.92 Å². The fourth-order valence-corrected chi connectivity index (χ4v) is 1.58. The first-order valence-corrected chi connectivity index (χ1v) is 4.97. The van der Waals surface area contributed by atoms with Gasteiger partial charge in [0.25, 0.3) is 0 Å². The molecule has 0 aliphatic rings.